The summed E-state index contributed by atoms with van der Waals surface area (Å²) in [6.45, 7) is 4.95. The van der Waals surface area contributed by atoms with E-state index in [9.17, 15) is 0 Å². The van der Waals surface area contributed by atoms with E-state index < -0.39 is 0 Å². The van der Waals surface area contributed by atoms with E-state index >= 15 is 0 Å². The van der Waals surface area contributed by atoms with Gasteiger partial charge in [0.25, 0.3) is 0 Å². The van der Waals surface area contributed by atoms with Crippen molar-refractivity contribution in [3.8, 4) is 11.6 Å². The molecule has 4 heterocycles. The Morgan fingerprint density at radius 1 is 1.09 bits per heavy atom. The van der Waals surface area contributed by atoms with Crippen molar-refractivity contribution in [3.63, 3.8) is 0 Å². The maximum Gasteiger partial charge on any atom is 0.246 e. The van der Waals surface area contributed by atoms with E-state index in [0.29, 0.717) is 46.7 Å². The smallest absolute Gasteiger partial charge is 0.246 e. The molecule has 0 aliphatic carbocycles. The minimum Gasteiger partial charge on any atom is -0.486 e. The number of fused-ring (bicyclic) bond motifs is 1. The topological polar surface area (TPSA) is 110 Å². The lowest BCUT2D eigenvalue weighted by molar-refractivity contribution is 0.0321. The van der Waals surface area contributed by atoms with Gasteiger partial charge in [-0.2, -0.15) is 0 Å². The Balaban J connectivity index is 1.26. The Labute approximate surface area is 201 Å². The molecule has 176 valence electrons. The molecular weight excluding hydrogens is 458 g/mol. The molecule has 1 aliphatic rings. The summed E-state index contributed by atoms with van der Waals surface area (Å²) in [5, 5.41) is 11.6. The van der Waals surface area contributed by atoms with Crippen LogP contribution in [0.25, 0.3) is 11.0 Å². The highest BCUT2D eigenvalue weighted by Gasteiger charge is 2.16. The predicted molar refractivity (Wildman–Crippen MR) is 128 cm³/mol. The second-order valence-corrected chi connectivity index (χ2v) is 8.06. The van der Waals surface area contributed by atoms with Crippen molar-refractivity contribution in [3.05, 3.63) is 59.6 Å². The number of aromatic amines is 1. The largest absolute Gasteiger partial charge is 0.486 e. The molecular formula is C23H24ClN7O3. The van der Waals surface area contributed by atoms with E-state index in [1.54, 1.807) is 18.3 Å². The molecule has 2 N–H and O–H groups in total. The molecule has 1 aromatic carbocycles. The number of nitrogens with one attached hydrogen (secondary N) is 2. The van der Waals surface area contributed by atoms with Crippen LogP contribution in [0.4, 0.5) is 11.5 Å². The van der Waals surface area contributed by atoms with Crippen molar-refractivity contribution in [1.29, 1.82) is 0 Å². The van der Waals surface area contributed by atoms with Crippen LogP contribution in [0.2, 0.25) is 5.02 Å². The fourth-order valence-electron chi connectivity index (χ4n) is 3.60. The molecule has 0 radical (unpaired) electrons. The number of pyridine rings is 1. The first-order valence-corrected chi connectivity index (χ1v) is 11.4. The molecule has 0 spiro atoms. The Bertz CT molecular complexity index is 1230. The monoisotopic (exact) mass is 481 g/mol. The molecule has 0 unspecified atom stereocenters. The van der Waals surface area contributed by atoms with E-state index in [1.165, 1.54) is 6.33 Å². The van der Waals surface area contributed by atoms with Gasteiger partial charge in [-0.15, -0.1) is 5.10 Å². The summed E-state index contributed by atoms with van der Waals surface area (Å²) in [4.78, 5) is 15.2. The van der Waals surface area contributed by atoms with E-state index in [-0.39, 0.29) is 0 Å². The van der Waals surface area contributed by atoms with Crippen molar-refractivity contribution in [2.24, 2.45) is 0 Å². The van der Waals surface area contributed by atoms with Crippen LogP contribution in [0.5, 0.6) is 11.6 Å². The fourth-order valence-corrected chi connectivity index (χ4v) is 3.83. The van der Waals surface area contributed by atoms with E-state index in [2.05, 4.69) is 35.4 Å². The highest BCUT2D eigenvalue weighted by Crippen LogP contribution is 2.33. The Hall–Kier alpha value is -3.47. The minimum absolute atomic E-state index is 0.333. The molecule has 5 rings (SSSR count). The van der Waals surface area contributed by atoms with Gasteiger partial charge in [0.15, 0.2) is 5.65 Å². The number of H-pyrrole nitrogens is 1. The molecule has 3 aromatic heterocycles. The van der Waals surface area contributed by atoms with Crippen molar-refractivity contribution in [1.82, 2.24) is 30.0 Å². The maximum absolute atomic E-state index is 6.46. The number of halogens is 1. The van der Waals surface area contributed by atoms with Crippen LogP contribution in [-0.4, -0.2) is 69.5 Å². The zero-order chi connectivity index (χ0) is 23.2. The lowest BCUT2D eigenvalue weighted by Crippen LogP contribution is -2.38. The molecule has 1 aliphatic heterocycles. The van der Waals surface area contributed by atoms with Crippen LogP contribution in [0.1, 0.15) is 5.69 Å². The number of hydrogen-bond donors (Lipinski definition) is 2. The first-order chi connectivity index (χ1) is 16.8. The number of aromatic nitrogens is 5. The van der Waals surface area contributed by atoms with Crippen LogP contribution in [0.15, 0.2) is 48.9 Å². The molecule has 0 atom stereocenters. The molecule has 4 aromatic rings. The Morgan fingerprint density at radius 3 is 2.82 bits per heavy atom. The lowest BCUT2D eigenvalue weighted by atomic mass is 10.3. The summed E-state index contributed by atoms with van der Waals surface area (Å²) in [6, 6.07) is 11.1. The standard InChI is InChI=1S/C23H24ClN7O3/c24-18-13-16(4-5-19(18)34-14-17-3-1-2-6-25-17)28-21-20-22(27-15-26-21)29-30-23(20)33-12-9-31-7-10-32-11-8-31/h1-6,13,15H,7-12,14H2,(H2,26,27,28,29,30). The van der Waals surface area contributed by atoms with Gasteiger partial charge in [-0.05, 0) is 30.3 Å². The summed E-state index contributed by atoms with van der Waals surface area (Å²) < 4.78 is 17.2. The van der Waals surface area contributed by atoms with Gasteiger partial charge < -0.3 is 19.5 Å². The molecule has 1 fully saturated rings. The van der Waals surface area contributed by atoms with Crippen LogP contribution in [0.3, 0.4) is 0 Å². The first kappa shape index (κ1) is 22.3. The zero-order valence-electron chi connectivity index (χ0n) is 18.4. The Morgan fingerprint density at radius 2 is 2.00 bits per heavy atom. The second kappa shape index (κ2) is 10.6. The Kier molecular flexibility index (Phi) is 6.99. The number of benzene rings is 1. The van der Waals surface area contributed by atoms with Crippen LogP contribution in [-0.2, 0) is 11.3 Å². The zero-order valence-corrected chi connectivity index (χ0v) is 19.2. The average Bonchev–Trinajstić information content (AvgIpc) is 3.29. The van der Waals surface area contributed by atoms with Gasteiger partial charge in [0.1, 0.15) is 36.5 Å². The third-order valence-electron chi connectivity index (χ3n) is 5.37. The van der Waals surface area contributed by atoms with Crippen molar-refractivity contribution >= 4 is 34.1 Å². The van der Waals surface area contributed by atoms with Gasteiger partial charge in [-0.3, -0.25) is 15.0 Å². The van der Waals surface area contributed by atoms with Crippen LogP contribution < -0.4 is 14.8 Å². The first-order valence-electron chi connectivity index (χ1n) is 11.0. The summed E-state index contributed by atoms with van der Waals surface area (Å²) >= 11 is 6.46. The SMILES string of the molecule is Clc1cc(Nc2ncnc3[nH]nc(OCCN4CCOCC4)c23)ccc1OCc1ccccn1. The molecule has 34 heavy (non-hydrogen) atoms. The van der Waals surface area contributed by atoms with Crippen LogP contribution in [0, 0.1) is 0 Å². The minimum atomic E-state index is 0.333. The third kappa shape index (κ3) is 5.36. The van der Waals surface area contributed by atoms with E-state index in [1.807, 2.05) is 24.3 Å². The van der Waals surface area contributed by atoms with Crippen LogP contribution >= 0.6 is 11.6 Å². The van der Waals surface area contributed by atoms with E-state index in [4.69, 9.17) is 25.8 Å². The van der Waals surface area contributed by atoms with Gasteiger partial charge in [0.2, 0.25) is 5.88 Å². The van der Waals surface area contributed by atoms with Gasteiger partial charge >= 0.3 is 0 Å². The van der Waals surface area contributed by atoms with Crippen molar-refractivity contribution < 1.29 is 14.2 Å². The highest BCUT2D eigenvalue weighted by atomic mass is 35.5. The van der Waals surface area contributed by atoms with Crippen molar-refractivity contribution in [2.75, 3.05) is 44.8 Å². The van der Waals surface area contributed by atoms with Crippen molar-refractivity contribution in [2.45, 2.75) is 6.61 Å². The average molecular weight is 482 g/mol. The fraction of sp³-hybridized carbons (Fsp3) is 0.304. The lowest BCUT2D eigenvalue weighted by Gasteiger charge is -2.26. The number of hydrogen-bond acceptors (Lipinski definition) is 9. The molecule has 1 saturated heterocycles. The predicted octanol–water partition coefficient (Wildman–Crippen LogP) is 3.43. The highest BCUT2D eigenvalue weighted by molar-refractivity contribution is 6.32. The number of ether oxygens (including phenoxy) is 3. The van der Waals surface area contributed by atoms with Gasteiger partial charge in [0, 0.05) is 31.5 Å². The molecule has 11 heteroatoms. The summed E-state index contributed by atoms with van der Waals surface area (Å²) in [5.74, 6) is 1.59. The number of morpholine rings is 1. The maximum atomic E-state index is 6.46. The number of anilines is 2. The van der Waals surface area contributed by atoms with Gasteiger partial charge in [0.05, 0.1) is 23.9 Å². The van der Waals surface area contributed by atoms with E-state index in [0.717, 1.165) is 44.2 Å². The molecule has 0 saturated carbocycles. The normalized spacial score (nSPS) is 14.3. The number of rotatable bonds is 9. The number of nitrogens with zero attached hydrogens (tertiary/aromatic N) is 5. The quantitative estimate of drug-likeness (QED) is 0.371. The summed E-state index contributed by atoms with van der Waals surface area (Å²) in [5.41, 5.74) is 2.15. The second-order valence-electron chi connectivity index (χ2n) is 7.66. The molecule has 0 amide bonds. The molecule has 0 bridgehead atoms. The van der Waals surface area contributed by atoms with Gasteiger partial charge in [-0.1, -0.05) is 17.7 Å². The third-order valence-corrected chi connectivity index (χ3v) is 5.67. The molecule has 10 nitrogen and oxygen atoms in total. The summed E-state index contributed by atoms with van der Waals surface area (Å²) in [6.07, 6.45) is 3.19. The summed E-state index contributed by atoms with van der Waals surface area (Å²) in [7, 11) is 0. The van der Waals surface area contributed by atoms with Gasteiger partial charge in [-0.25, -0.2) is 9.97 Å².